The number of esters is 1. The van der Waals surface area contributed by atoms with Crippen LogP contribution in [0.1, 0.15) is 5.56 Å². The van der Waals surface area contributed by atoms with Gasteiger partial charge in [0.05, 0.1) is 4.92 Å². The Kier molecular flexibility index (Phi) is 6.67. The Hall–Kier alpha value is -2.94. The number of nitrogens with one attached hydrogen (secondary N) is 1. The van der Waals surface area contributed by atoms with E-state index in [1.54, 1.807) is 25.1 Å². The highest BCUT2D eigenvalue weighted by molar-refractivity contribution is 9.10. The summed E-state index contributed by atoms with van der Waals surface area (Å²) in [5.74, 6) is -0.846. The van der Waals surface area contributed by atoms with Gasteiger partial charge in [-0.2, -0.15) is 0 Å². The van der Waals surface area contributed by atoms with E-state index in [1.165, 1.54) is 18.2 Å². The first kappa shape index (κ1) is 19.4. The molecule has 0 fully saturated rings. The molecular weight excluding hydrogens is 408 g/mol. The average molecular weight is 423 g/mol. The van der Waals surface area contributed by atoms with Crippen molar-refractivity contribution in [1.82, 2.24) is 0 Å². The van der Waals surface area contributed by atoms with Crippen molar-refractivity contribution in [3.63, 3.8) is 0 Å². The lowest BCUT2D eigenvalue weighted by Gasteiger charge is -2.08. The van der Waals surface area contributed by atoms with Gasteiger partial charge in [-0.05, 0) is 31.2 Å². The zero-order chi connectivity index (χ0) is 19.1. The summed E-state index contributed by atoms with van der Waals surface area (Å²) >= 11 is 3.28. The number of benzene rings is 2. The maximum absolute atomic E-state index is 11.8. The second-order valence-electron chi connectivity index (χ2n) is 5.21. The minimum Gasteiger partial charge on any atom is -0.482 e. The third kappa shape index (κ3) is 5.85. The SMILES string of the molecule is Cc1ccc(NC(=O)COC(=O)COc2cccc(Br)c2)cc1[N+](=O)[O-]. The predicted octanol–water partition coefficient (Wildman–Crippen LogP) is 3.23. The third-order valence-electron chi connectivity index (χ3n) is 3.21. The molecular formula is C17H15BrN2O6. The fourth-order valence-corrected chi connectivity index (χ4v) is 2.35. The maximum Gasteiger partial charge on any atom is 0.344 e. The summed E-state index contributed by atoms with van der Waals surface area (Å²) in [6, 6.07) is 11.2. The smallest absolute Gasteiger partial charge is 0.344 e. The van der Waals surface area contributed by atoms with Gasteiger partial charge in [0.1, 0.15) is 5.75 Å². The summed E-state index contributed by atoms with van der Waals surface area (Å²) < 4.78 is 10.9. The van der Waals surface area contributed by atoms with Gasteiger partial charge in [-0.15, -0.1) is 0 Å². The molecule has 0 aliphatic carbocycles. The Morgan fingerprint density at radius 1 is 1.19 bits per heavy atom. The Balaban J connectivity index is 1.80. The number of aryl methyl sites for hydroxylation is 1. The van der Waals surface area contributed by atoms with E-state index in [1.807, 2.05) is 6.07 Å². The molecule has 26 heavy (non-hydrogen) atoms. The van der Waals surface area contributed by atoms with E-state index in [0.717, 1.165) is 4.47 Å². The lowest BCUT2D eigenvalue weighted by molar-refractivity contribution is -0.385. The molecule has 8 nitrogen and oxygen atoms in total. The minimum atomic E-state index is -0.713. The van der Waals surface area contributed by atoms with Crippen LogP contribution in [0.2, 0.25) is 0 Å². The van der Waals surface area contributed by atoms with Gasteiger partial charge in [0, 0.05) is 21.8 Å². The molecule has 0 saturated heterocycles. The van der Waals surface area contributed by atoms with E-state index in [4.69, 9.17) is 9.47 Å². The molecule has 0 aromatic heterocycles. The lowest BCUT2D eigenvalue weighted by Crippen LogP contribution is -2.23. The van der Waals surface area contributed by atoms with Crippen molar-refractivity contribution in [3.05, 3.63) is 62.6 Å². The van der Waals surface area contributed by atoms with Crippen LogP contribution >= 0.6 is 15.9 Å². The van der Waals surface area contributed by atoms with E-state index in [-0.39, 0.29) is 18.0 Å². The van der Waals surface area contributed by atoms with Crippen LogP contribution in [-0.2, 0) is 14.3 Å². The highest BCUT2D eigenvalue weighted by Crippen LogP contribution is 2.22. The van der Waals surface area contributed by atoms with Crippen LogP contribution in [0, 0.1) is 17.0 Å². The zero-order valence-corrected chi connectivity index (χ0v) is 15.3. The Bertz CT molecular complexity index is 840. The van der Waals surface area contributed by atoms with Gasteiger partial charge in [0.2, 0.25) is 0 Å². The summed E-state index contributed by atoms with van der Waals surface area (Å²) in [6.07, 6.45) is 0. The fraction of sp³-hybridized carbons (Fsp3) is 0.176. The zero-order valence-electron chi connectivity index (χ0n) is 13.7. The Labute approximate surface area is 157 Å². The van der Waals surface area contributed by atoms with Crippen LogP contribution in [-0.4, -0.2) is 30.0 Å². The van der Waals surface area contributed by atoms with Crippen LogP contribution in [0.4, 0.5) is 11.4 Å². The van der Waals surface area contributed by atoms with Gasteiger partial charge in [-0.1, -0.05) is 28.1 Å². The number of nitro groups is 1. The first-order chi connectivity index (χ1) is 12.3. The molecule has 0 atom stereocenters. The number of hydrogen-bond donors (Lipinski definition) is 1. The van der Waals surface area contributed by atoms with Gasteiger partial charge >= 0.3 is 5.97 Å². The van der Waals surface area contributed by atoms with E-state index < -0.39 is 23.4 Å². The number of nitro benzene ring substituents is 1. The lowest BCUT2D eigenvalue weighted by atomic mass is 10.2. The van der Waals surface area contributed by atoms with Crippen molar-refractivity contribution in [2.45, 2.75) is 6.92 Å². The fourth-order valence-electron chi connectivity index (χ4n) is 1.97. The highest BCUT2D eigenvalue weighted by atomic mass is 79.9. The van der Waals surface area contributed by atoms with Crippen LogP contribution < -0.4 is 10.1 Å². The van der Waals surface area contributed by atoms with E-state index in [9.17, 15) is 19.7 Å². The van der Waals surface area contributed by atoms with Crippen molar-refractivity contribution in [2.24, 2.45) is 0 Å². The monoisotopic (exact) mass is 422 g/mol. The first-order valence-electron chi connectivity index (χ1n) is 7.44. The maximum atomic E-state index is 11.8. The van der Waals surface area contributed by atoms with Gasteiger partial charge in [0.25, 0.3) is 11.6 Å². The molecule has 1 N–H and O–H groups in total. The second-order valence-corrected chi connectivity index (χ2v) is 6.13. The number of ether oxygens (including phenoxy) is 2. The molecule has 0 spiro atoms. The van der Waals surface area contributed by atoms with E-state index in [2.05, 4.69) is 21.2 Å². The highest BCUT2D eigenvalue weighted by Gasteiger charge is 2.13. The van der Waals surface area contributed by atoms with Crippen LogP contribution in [0.3, 0.4) is 0 Å². The topological polar surface area (TPSA) is 108 Å². The summed E-state index contributed by atoms with van der Waals surface area (Å²) in [4.78, 5) is 33.8. The van der Waals surface area contributed by atoms with Crippen LogP contribution in [0.5, 0.6) is 5.75 Å². The molecule has 2 aromatic carbocycles. The Morgan fingerprint density at radius 2 is 1.96 bits per heavy atom. The van der Waals surface area contributed by atoms with Gasteiger partial charge in [-0.3, -0.25) is 14.9 Å². The van der Waals surface area contributed by atoms with Gasteiger partial charge in [-0.25, -0.2) is 4.79 Å². The summed E-state index contributed by atoms with van der Waals surface area (Å²) in [7, 11) is 0. The molecule has 0 heterocycles. The number of anilines is 1. The summed E-state index contributed by atoms with van der Waals surface area (Å²) in [5.41, 5.74) is 0.611. The average Bonchev–Trinajstić information content (AvgIpc) is 2.59. The molecule has 1 amide bonds. The standard InChI is InChI=1S/C17H15BrN2O6/c1-11-5-6-13(8-15(11)20(23)24)19-16(21)9-26-17(22)10-25-14-4-2-3-12(18)7-14/h2-8H,9-10H2,1H3,(H,19,21). The molecule has 0 bridgehead atoms. The number of amides is 1. The molecule has 136 valence electrons. The summed E-state index contributed by atoms with van der Waals surface area (Å²) in [5, 5.41) is 13.3. The second kappa shape index (κ2) is 8.95. The molecule has 0 aliphatic rings. The first-order valence-corrected chi connectivity index (χ1v) is 8.23. The summed E-state index contributed by atoms with van der Waals surface area (Å²) in [6.45, 7) is 0.721. The Morgan fingerprint density at radius 3 is 2.65 bits per heavy atom. The predicted molar refractivity (Wildman–Crippen MR) is 97.1 cm³/mol. The molecule has 0 aliphatic heterocycles. The largest absolute Gasteiger partial charge is 0.482 e. The molecule has 9 heteroatoms. The van der Waals surface area contributed by atoms with Crippen LogP contribution in [0.25, 0.3) is 0 Å². The van der Waals surface area contributed by atoms with Crippen molar-refractivity contribution in [3.8, 4) is 5.75 Å². The molecule has 2 rings (SSSR count). The molecule has 0 saturated carbocycles. The van der Waals surface area contributed by atoms with Crippen molar-refractivity contribution >= 4 is 39.2 Å². The van der Waals surface area contributed by atoms with Crippen LogP contribution in [0.15, 0.2) is 46.9 Å². The number of halogens is 1. The third-order valence-corrected chi connectivity index (χ3v) is 3.70. The van der Waals surface area contributed by atoms with Crippen molar-refractivity contribution in [1.29, 1.82) is 0 Å². The number of carbonyl (C=O) groups excluding carboxylic acids is 2. The molecule has 2 aromatic rings. The van der Waals surface area contributed by atoms with E-state index in [0.29, 0.717) is 11.3 Å². The molecule has 0 unspecified atom stereocenters. The van der Waals surface area contributed by atoms with Gasteiger partial charge < -0.3 is 14.8 Å². The van der Waals surface area contributed by atoms with Crippen molar-refractivity contribution in [2.75, 3.05) is 18.5 Å². The molecule has 0 radical (unpaired) electrons. The quantitative estimate of drug-likeness (QED) is 0.416. The van der Waals surface area contributed by atoms with Gasteiger partial charge in [0.15, 0.2) is 13.2 Å². The number of carbonyl (C=O) groups is 2. The normalized spacial score (nSPS) is 10.1. The number of rotatable bonds is 7. The van der Waals surface area contributed by atoms with Crippen molar-refractivity contribution < 1.29 is 24.0 Å². The minimum absolute atomic E-state index is 0.109. The number of nitrogens with zero attached hydrogens (tertiary/aromatic N) is 1. The number of hydrogen-bond acceptors (Lipinski definition) is 6. The van der Waals surface area contributed by atoms with E-state index >= 15 is 0 Å².